The van der Waals surface area contributed by atoms with Gasteiger partial charge >= 0.3 is 5.97 Å². The zero-order valence-corrected chi connectivity index (χ0v) is 10.1. The smallest absolute Gasteiger partial charge is 0.309 e. The monoisotopic (exact) mass is 308 g/mol. The van der Waals surface area contributed by atoms with Crippen molar-refractivity contribution in [2.45, 2.75) is 23.6 Å². The molecule has 0 radical (unpaired) electrons. The van der Waals surface area contributed by atoms with Gasteiger partial charge in [-0.2, -0.15) is 0 Å². The molecule has 3 rings (SSSR count). The molecule has 0 spiro atoms. The number of hydrogen-bond acceptors (Lipinski definition) is 3. The van der Waals surface area contributed by atoms with Crippen LogP contribution < -0.4 is 0 Å². The molecule has 2 aliphatic carbocycles. The van der Waals surface area contributed by atoms with E-state index in [4.69, 9.17) is 9.47 Å². The fraction of sp³-hybridized carbons (Fsp3) is 0.900. The first-order valence-electron chi connectivity index (χ1n) is 5.14. The summed E-state index contributed by atoms with van der Waals surface area (Å²) in [4.78, 5) is 11.3. The van der Waals surface area contributed by atoms with Crippen LogP contribution >= 0.6 is 22.6 Å². The highest BCUT2D eigenvalue weighted by Crippen LogP contribution is 2.62. The average molecular weight is 308 g/mol. The maximum absolute atomic E-state index is 11.3. The third-order valence-electron chi connectivity index (χ3n) is 3.90. The van der Waals surface area contributed by atoms with E-state index in [1.165, 1.54) is 0 Å². The van der Waals surface area contributed by atoms with Crippen LogP contribution in [-0.4, -0.2) is 22.8 Å². The molecular formula is C10H13IO3. The molecule has 0 N–H and O–H groups in total. The number of carbonyl (C=O) groups excluding carboxylic acids is 1. The minimum Gasteiger partial charge on any atom is -0.465 e. The van der Waals surface area contributed by atoms with Crippen LogP contribution in [0.25, 0.3) is 0 Å². The zero-order valence-electron chi connectivity index (χ0n) is 7.98. The lowest BCUT2D eigenvalue weighted by molar-refractivity contribution is -0.197. The Balaban J connectivity index is 1.65. The molecule has 3 nitrogen and oxygen atoms in total. The molecule has 4 heteroatoms. The molecule has 0 aromatic carbocycles. The summed E-state index contributed by atoms with van der Waals surface area (Å²) in [5.41, 5.74) is 0. The summed E-state index contributed by atoms with van der Waals surface area (Å²) >= 11 is 2.28. The summed E-state index contributed by atoms with van der Waals surface area (Å²) in [5, 5.41) is 0. The number of rotatable bonds is 2. The van der Waals surface area contributed by atoms with E-state index in [1.54, 1.807) is 0 Å². The van der Waals surface area contributed by atoms with Gasteiger partial charge in [-0.15, -0.1) is 0 Å². The highest BCUT2D eigenvalue weighted by molar-refractivity contribution is 14.1. The molecule has 0 bridgehead atoms. The van der Waals surface area contributed by atoms with E-state index in [-0.39, 0.29) is 16.0 Å². The van der Waals surface area contributed by atoms with Gasteiger partial charge in [0, 0.05) is 5.92 Å². The third kappa shape index (κ3) is 1.10. The quantitative estimate of drug-likeness (QED) is 0.441. The van der Waals surface area contributed by atoms with Gasteiger partial charge in [0.1, 0.15) is 4.11 Å². The Bertz CT molecular complexity index is 279. The van der Waals surface area contributed by atoms with Crippen LogP contribution in [0.2, 0.25) is 0 Å². The second-order valence-electron chi connectivity index (χ2n) is 4.51. The van der Waals surface area contributed by atoms with Crippen LogP contribution in [0.5, 0.6) is 0 Å². The normalized spacial score (nSPS) is 51.0. The maximum atomic E-state index is 11.3. The summed E-state index contributed by atoms with van der Waals surface area (Å²) in [6.07, 6.45) is 1.46. The first-order valence-corrected chi connectivity index (χ1v) is 6.39. The number of esters is 1. The maximum Gasteiger partial charge on any atom is 0.309 e. The van der Waals surface area contributed by atoms with Crippen LogP contribution in [0, 0.1) is 23.7 Å². The Kier molecular flexibility index (Phi) is 2.06. The van der Waals surface area contributed by atoms with Crippen molar-refractivity contribution in [3.8, 4) is 0 Å². The molecule has 1 aliphatic heterocycles. The second-order valence-corrected chi connectivity index (χ2v) is 6.27. The van der Waals surface area contributed by atoms with Crippen molar-refractivity contribution >= 4 is 28.6 Å². The highest BCUT2D eigenvalue weighted by atomic mass is 127. The van der Waals surface area contributed by atoms with Gasteiger partial charge in [-0.1, -0.05) is 22.6 Å². The number of alkyl halides is 1. The SMILES string of the molecule is CC(I)OC1C[C@@H]2C3C(=O)OCC3[C@H]12. The van der Waals surface area contributed by atoms with Gasteiger partial charge < -0.3 is 9.47 Å². The van der Waals surface area contributed by atoms with E-state index in [0.29, 0.717) is 30.5 Å². The lowest BCUT2D eigenvalue weighted by atomic mass is 9.46. The van der Waals surface area contributed by atoms with Gasteiger partial charge in [-0.3, -0.25) is 4.79 Å². The minimum atomic E-state index is 0.0391. The molecule has 1 heterocycles. The number of hydrogen-bond donors (Lipinski definition) is 0. The molecule has 3 fully saturated rings. The predicted molar refractivity (Wildman–Crippen MR) is 57.9 cm³/mol. The standard InChI is InChI=1S/C10H13IO3/c1-4(11)14-7-2-5-8(7)6-3-13-10(12)9(5)6/h4-9H,2-3H2,1H3/t4?,5-,6?,7?,8+,9?/m0/s1. The number of cyclic esters (lactones) is 1. The topological polar surface area (TPSA) is 35.5 Å². The second kappa shape index (κ2) is 3.07. The lowest BCUT2D eigenvalue weighted by Crippen LogP contribution is -2.62. The Labute approximate surface area is 96.7 Å². The molecule has 0 aromatic rings. The van der Waals surface area contributed by atoms with E-state index in [0.717, 1.165) is 6.42 Å². The first kappa shape index (κ1) is 9.39. The summed E-state index contributed by atoms with van der Waals surface area (Å²) < 4.78 is 11.1. The molecule has 78 valence electrons. The van der Waals surface area contributed by atoms with Crippen molar-refractivity contribution in [1.29, 1.82) is 0 Å². The molecule has 1 saturated heterocycles. The fourth-order valence-corrected chi connectivity index (χ4v) is 3.66. The van der Waals surface area contributed by atoms with Crippen LogP contribution in [0.1, 0.15) is 13.3 Å². The van der Waals surface area contributed by atoms with Crippen molar-refractivity contribution in [3.05, 3.63) is 0 Å². The number of ether oxygens (including phenoxy) is 2. The predicted octanol–water partition coefficient (Wildman–Crippen LogP) is 1.59. The Hall–Kier alpha value is 0.160. The highest BCUT2D eigenvalue weighted by Gasteiger charge is 2.67. The van der Waals surface area contributed by atoms with Gasteiger partial charge in [-0.25, -0.2) is 0 Å². The van der Waals surface area contributed by atoms with E-state index < -0.39 is 0 Å². The Morgan fingerprint density at radius 3 is 3.07 bits per heavy atom. The molecule has 0 aromatic heterocycles. The van der Waals surface area contributed by atoms with Crippen molar-refractivity contribution in [2.24, 2.45) is 23.7 Å². The molecule has 6 atom stereocenters. The van der Waals surface area contributed by atoms with Crippen molar-refractivity contribution in [2.75, 3.05) is 6.61 Å². The minimum absolute atomic E-state index is 0.0391. The van der Waals surface area contributed by atoms with Crippen LogP contribution in [-0.2, 0) is 14.3 Å². The van der Waals surface area contributed by atoms with E-state index in [2.05, 4.69) is 29.5 Å². The molecule has 4 unspecified atom stereocenters. The third-order valence-corrected chi connectivity index (χ3v) is 4.19. The summed E-state index contributed by atoms with van der Waals surface area (Å²) in [6.45, 7) is 2.69. The number of carbonyl (C=O) groups is 1. The molecule has 3 aliphatic rings. The van der Waals surface area contributed by atoms with Gasteiger partial charge in [-0.05, 0) is 25.2 Å². The van der Waals surface area contributed by atoms with Crippen LogP contribution in [0.4, 0.5) is 0 Å². The Morgan fingerprint density at radius 2 is 2.36 bits per heavy atom. The fourth-order valence-electron chi connectivity index (χ4n) is 3.28. The van der Waals surface area contributed by atoms with Crippen molar-refractivity contribution in [1.82, 2.24) is 0 Å². The van der Waals surface area contributed by atoms with E-state index in [1.807, 2.05) is 0 Å². The molecule has 14 heavy (non-hydrogen) atoms. The summed E-state index contributed by atoms with van der Waals surface area (Å²) in [5.74, 6) is 1.93. The van der Waals surface area contributed by atoms with Gasteiger partial charge in [0.2, 0.25) is 0 Å². The Morgan fingerprint density at radius 1 is 1.57 bits per heavy atom. The average Bonchev–Trinajstić information content (AvgIpc) is 2.35. The first-order chi connectivity index (χ1) is 6.68. The van der Waals surface area contributed by atoms with E-state index in [9.17, 15) is 4.79 Å². The lowest BCUT2D eigenvalue weighted by Gasteiger charge is -2.58. The largest absolute Gasteiger partial charge is 0.465 e. The van der Waals surface area contributed by atoms with Crippen LogP contribution in [0.3, 0.4) is 0 Å². The molecule has 0 amide bonds. The molecular weight excluding hydrogens is 295 g/mol. The van der Waals surface area contributed by atoms with Crippen molar-refractivity contribution in [3.63, 3.8) is 0 Å². The number of fused-ring (bicyclic) bond motifs is 4. The number of halogens is 1. The van der Waals surface area contributed by atoms with E-state index >= 15 is 0 Å². The summed E-state index contributed by atoms with van der Waals surface area (Å²) in [6, 6.07) is 0. The van der Waals surface area contributed by atoms with Gasteiger partial charge in [0.05, 0.1) is 18.6 Å². The zero-order chi connectivity index (χ0) is 9.87. The van der Waals surface area contributed by atoms with Gasteiger partial charge in [0.25, 0.3) is 0 Å². The van der Waals surface area contributed by atoms with Crippen molar-refractivity contribution < 1.29 is 14.3 Å². The van der Waals surface area contributed by atoms with Crippen LogP contribution in [0.15, 0.2) is 0 Å². The van der Waals surface area contributed by atoms with Gasteiger partial charge in [0.15, 0.2) is 0 Å². The molecule has 2 saturated carbocycles. The summed E-state index contributed by atoms with van der Waals surface area (Å²) in [7, 11) is 0.